The molecule has 5 nitrogen and oxygen atoms in total. The largest absolute Gasteiger partial charge is 0.497 e. The summed E-state index contributed by atoms with van der Waals surface area (Å²) in [7, 11) is 1.63. The standard InChI is InChI=1S/C18H14ClN3O2S/c1-24-14-8-4-11(5-9-14)15-10-16(23)22-18(25-15)20-17(21-22)12-2-6-13(19)7-3-12/h2-9,15H,10H2,1H3/t15-/m1/s1. The fourth-order valence-electron chi connectivity index (χ4n) is 2.68. The number of fused-ring (bicyclic) bond motifs is 1. The molecule has 1 atom stereocenters. The van der Waals surface area contributed by atoms with E-state index in [1.807, 2.05) is 36.4 Å². The Hall–Kier alpha value is -2.31. The summed E-state index contributed by atoms with van der Waals surface area (Å²) in [6, 6.07) is 15.0. The quantitative estimate of drug-likeness (QED) is 0.679. The maximum atomic E-state index is 12.5. The van der Waals surface area contributed by atoms with Crippen LogP contribution in [0, 0.1) is 0 Å². The second kappa shape index (κ2) is 6.54. The van der Waals surface area contributed by atoms with Gasteiger partial charge in [0.2, 0.25) is 0 Å². The van der Waals surface area contributed by atoms with Crippen LogP contribution in [0.15, 0.2) is 53.7 Å². The van der Waals surface area contributed by atoms with Gasteiger partial charge in [-0.3, -0.25) is 4.79 Å². The predicted octanol–water partition coefficient (Wildman–Crippen LogP) is 4.48. The second-order valence-corrected chi connectivity index (χ2v) is 7.22. The molecule has 0 N–H and O–H groups in total. The van der Waals surface area contributed by atoms with Gasteiger partial charge in [0.25, 0.3) is 5.91 Å². The fourth-order valence-corrected chi connectivity index (χ4v) is 3.96. The van der Waals surface area contributed by atoms with Crippen LogP contribution >= 0.6 is 23.4 Å². The molecule has 0 unspecified atom stereocenters. The van der Waals surface area contributed by atoms with Gasteiger partial charge >= 0.3 is 0 Å². The van der Waals surface area contributed by atoms with Crippen molar-refractivity contribution < 1.29 is 9.53 Å². The summed E-state index contributed by atoms with van der Waals surface area (Å²) >= 11 is 7.47. The highest BCUT2D eigenvalue weighted by molar-refractivity contribution is 7.99. The zero-order valence-corrected chi connectivity index (χ0v) is 14.9. The molecule has 2 aromatic carbocycles. The van der Waals surface area contributed by atoms with E-state index in [4.69, 9.17) is 16.3 Å². The monoisotopic (exact) mass is 371 g/mol. The van der Waals surface area contributed by atoms with Gasteiger partial charge in [0.15, 0.2) is 11.0 Å². The summed E-state index contributed by atoms with van der Waals surface area (Å²) in [5.41, 5.74) is 1.90. The van der Waals surface area contributed by atoms with Gasteiger partial charge < -0.3 is 4.74 Å². The van der Waals surface area contributed by atoms with Gasteiger partial charge in [-0.15, -0.1) is 5.10 Å². The van der Waals surface area contributed by atoms with Crippen molar-refractivity contribution in [2.45, 2.75) is 16.8 Å². The highest BCUT2D eigenvalue weighted by Crippen LogP contribution is 2.41. The molecule has 2 heterocycles. The minimum Gasteiger partial charge on any atom is -0.497 e. The number of methoxy groups -OCH3 is 1. The highest BCUT2D eigenvalue weighted by Gasteiger charge is 2.30. The molecular formula is C18H14ClN3O2S. The van der Waals surface area contributed by atoms with Gasteiger partial charge in [-0.1, -0.05) is 35.5 Å². The number of benzene rings is 2. The molecule has 0 aliphatic carbocycles. The van der Waals surface area contributed by atoms with E-state index >= 15 is 0 Å². The first kappa shape index (κ1) is 16.2. The van der Waals surface area contributed by atoms with E-state index in [-0.39, 0.29) is 11.2 Å². The normalized spacial score (nSPS) is 16.6. The fraction of sp³-hybridized carbons (Fsp3) is 0.167. The van der Waals surface area contributed by atoms with Crippen molar-refractivity contribution in [2.75, 3.05) is 7.11 Å². The Morgan fingerprint density at radius 3 is 2.56 bits per heavy atom. The maximum Gasteiger partial charge on any atom is 0.250 e. The van der Waals surface area contributed by atoms with Gasteiger partial charge in [-0.2, -0.15) is 4.68 Å². The lowest BCUT2D eigenvalue weighted by molar-refractivity contribution is 0.0868. The lowest BCUT2D eigenvalue weighted by Gasteiger charge is -2.20. The van der Waals surface area contributed by atoms with Gasteiger partial charge in [0.05, 0.1) is 7.11 Å². The summed E-state index contributed by atoms with van der Waals surface area (Å²) in [6.07, 6.45) is 0.382. The first-order chi connectivity index (χ1) is 12.1. The molecule has 4 rings (SSSR count). The Bertz CT molecular complexity index is 922. The van der Waals surface area contributed by atoms with Crippen LogP contribution in [-0.2, 0) is 0 Å². The van der Waals surface area contributed by atoms with Crippen LogP contribution in [0.25, 0.3) is 11.4 Å². The molecule has 0 spiro atoms. The van der Waals surface area contributed by atoms with Crippen molar-refractivity contribution in [1.82, 2.24) is 14.8 Å². The van der Waals surface area contributed by atoms with E-state index in [1.54, 1.807) is 31.0 Å². The lowest BCUT2D eigenvalue weighted by Crippen LogP contribution is -2.20. The predicted molar refractivity (Wildman–Crippen MR) is 97.3 cm³/mol. The zero-order valence-electron chi connectivity index (χ0n) is 13.3. The smallest absolute Gasteiger partial charge is 0.250 e. The van der Waals surface area contributed by atoms with Gasteiger partial charge in [-0.05, 0) is 42.0 Å². The number of ether oxygens (including phenoxy) is 1. The van der Waals surface area contributed by atoms with E-state index in [9.17, 15) is 4.79 Å². The summed E-state index contributed by atoms with van der Waals surface area (Å²) in [5.74, 6) is 1.27. The Labute approximate surface area is 154 Å². The SMILES string of the molecule is COc1ccc([C@H]2CC(=O)n3nc(-c4ccc(Cl)cc4)nc3S2)cc1. The maximum absolute atomic E-state index is 12.5. The van der Waals surface area contributed by atoms with Crippen molar-refractivity contribution in [2.24, 2.45) is 0 Å². The van der Waals surface area contributed by atoms with Gasteiger partial charge in [-0.25, -0.2) is 4.98 Å². The zero-order chi connectivity index (χ0) is 17.4. The van der Waals surface area contributed by atoms with Crippen LogP contribution in [-0.4, -0.2) is 27.8 Å². The minimum atomic E-state index is -0.0534. The summed E-state index contributed by atoms with van der Waals surface area (Å²) in [5, 5.41) is 5.64. The number of thioether (sulfide) groups is 1. The first-order valence-electron chi connectivity index (χ1n) is 7.71. The summed E-state index contributed by atoms with van der Waals surface area (Å²) < 4.78 is 6.58. The summed E-state index contributed by atoms with van der Waals surface area (Å²) in [4.78, 5) is 17.0. The highest BCUT2D eigenvalue weighted by atomic mass is 35.5. The molecule has 25 heavy (non-hydrogen) atoms. The number of rotatable bonds is 3. The third-order valence-electron chi connectivity index (χ3n) is 4.01. The molecule has 1 aliphatic rings. The molecule has 1 aromatic heterocycles. The Balaban J connectivity index is 1.63. The van der Waals surface area contributed by atoms with E-state index < -0.39 is 0 Å². The lowest BCUT2D eigenvalue weighted by atomic mass is 10.1. The molecule has 3 aromatic rings. The van der Waals surface area contributed by atoms with Crippen molar-refractivity contribution in [3.05, 3.63) is 59.1 Å². The van der Waals surface area contributed by atoms with Crippen LogP contribution in [0.1, 0.15) is 22.0 Å². The molecule has 0 fully saturated rings. The average Bonchev–Trinajstić information content (AvgIpc) is 3.07. The molecule has 7 heteroatoms. The van der Waals surface area contributed by atoms with Crippen molar-refractivity contribution in [1.29, 1.82) is 0 Å². The van der Waals surface area contributed by atoms with Crippen molar-refractivity contribution in [3.63, 3.8) is 0 Å². The number of halogens is 1. The van der Waals surface area contributed by atoms with Gasteiger partial charge in [0.1, 0.15) is 5.75 Å². The average molecular weight is 372 g/mol. The minimum absolute atomic E-state index is 0.0215. The molecule has 1 aliphatic heterocycles. The van der Waals surface area contributed by atoms with E-state index in [0.717, 1.165) is 16.9 Å². The van der Waals surface area contributed by atoms with E-state index in [2.05, 4.69) is 10.1 Å². The Morgan fingerprint density at radius 2 is 1.88 bits per heavy atom. The number of carbonyl (C=O) groups excluding carboxylic acids is 1. The van der Waals surface area contributed by atoms with Crippen LogP contribution in [0.3, 0.4) is 0 Å². The van der Waals surface area contributed by atoms with Gasteiger partial charge in [0, 0.05) is 22.3 Å². The number of carbonyl (C=O) groups is 1. The third-order valence-corrected chi connectivity index (χ3v) is 5.46. The van der Waals surface area contributed by atoms with E-state index in [1.165, 1.54) is 4.68 Å². The number of aromatic nitrogens is 3. The first-order valence-corrected chi connectivity index (χ1v) is 8.96. The van der Waals surface area contributed by atoms with Crippen molar-refractivity contribution >= 4 is 29.3 Å². The number of hydrogen-bond acceptors (Lipinski definition) is 5. The Morgan fingerprint density at radius 1 is 1.16 bits per heavy atom. The molecule has 0 radical (unpaired) electrons. The molecule has 126 valence electrons. The topological polar surface area (TPSA) is 57.0 Å². The number of nitrogens with zero attached hydrogens (tertiary/aromatic N) is 3. The van der Waals surface area contributed by atoms with Crippen LogP contribution in [0.4, 0.5) is 0 Å². The molecule has 0 amide bonds. The summed E-state index contributed by atoms with van der Waals surface area (Å²) in [6.45, 7) is 0. The van der Waals surface area contributed by atoms with Crippen LogP contribution in [0.2, 0.25) is 5.02 Å². The Kier molecular flexibility index (Phi) is 4.23. The molecule has 0 saturated heterocycles. The number of hydrogen-bond donors (Lipinski definition) is 0. The molecule has 0 bridgehead atoms. The second-order valence-electron chi connectivity index (χ2n) is 5.61. The molecular weight excluding hydrogens is 358 g/mol. The van der Waals surface area contributed by atoms with Crippen molar-refractivity contribution in [3.8, 4) is 17.1 Å². The molecule has 0 saturated carbocycles. The third kappa shape index (κ3) is 3.15. The van der Waals surface area contributed by atoms with Crippen LogP contribution in [0.5, 0.6) is 5.75 Å². The van der Waals surface area contributed by atoms with Crippen LogP contribution < -0.4 is 4.74 Å². The van der Waals surface area contributed by atoms with E-state index in [0.29, 0.717) is 22.4 Å².